The fraction of sp³-hybridized carbons (Fsp3) is 0.480. The van der Waals surface area contributed by atoms with Crippen molar-refractivity contribution >= 4 is 23.6 Å². The number of aromatic nitrogens is 2. The van der Waals surface area contributed by atoms with E-state index in [0.717, 1.165) is 16.9 Å². The van der Waals surface area contributed by atoms with Crippen LogP contribution in [-0.2, 0) is 0 Å². The lowest BCUT2D eigenvalue weighted by Crippen LogP contribution is -2.68. The van der Waals surface area contributed by atoms with Gasteiger partial charge in [0.05, 0.1) is 35.1 Å². The van der Waals surface area contributed by atoms with Crippen LogP contribution in [0.15, 0.2) is 48.5 Å². The van der Waals surface area contributed by atoms with Crippen LogP contribution in [0, 0.1) is 10.2 Å². The van der Waals surface area contributed by atoms with Gasteiger partial charge in [0.1, 0.15) is 11.1 Å². The molecule has 8 heteroatoms. The average Bonchev–Trinajstić information content (AvgIpc) is 3.22. The largest absolute Gasteiger partial charge is 0.338 e. The maximum absolute atomic E-state index is 8.49. The molecule has 2 aromatic carbocycles. The summed E-state index contributed by atoms with van der Waals surface area (Å²) in [7, 11) is -6.15. The van der Waals surface area contributed by atoms with Crippen LogP contribution in [0.1, 0.15) is 59.3 Å². The Morgan fingerprint density at radius 1 is 0.758 bits per heavy atom. The fourth-order valence-electron chi connectivity index (χ4n) is 4.25. The van der Waals surface area contributed by atoms with Crippen molar-refractivity contribution in [2.75, 3.05) is 18.5 Å². The number of hydrogen-bond donors (Lipinski definition) is 1. The minimum absolute atomic E-state index is 1.05. The van der Waals surface area contributed by atoms with E-state index in [2.05, 4.69) is 74.3 Å². The number of para-hydroxylation sites is 2. The second-order valence-electron chi connectivity index (χ2n) is 8.37. The highest BCUT2D eigenvalue weighted by Gasteiger charge is 2.40. The third kappa shape index (κ3) is 8.64. The topological polar surface area (TPSA) is 121 Å². The van der Waals surface area contributed by atoms with E-state index in [-0.39, 0.29) is 0 Å². The molecule has 0 saturated carbocycles. The first-order valence-corrected chi connectivity index (χ1v) is 15.3. The van der Waals surface area contributed by atoms with E-state index in [0.29, 0.717) is 0 Å². The van der Waals surface area contributed by atoms with Crippen LogP contribution in [-0.4, -0.2) is 28.5 Å². The molecule has 33 heavy (non-hydrogen) atoms. The van der Waals surface area contributed by atoms with Gasteiger partial charge < -0.3 is 4.98 Å². The molecule has 3 aromatic rings. The third-order valence-electron chi connectivity index (χ3n) is 5.88. The molecule has 0 radical (unpaired) electrons. The number of fused-ring (bicyclic) bond motifs is 1. The first kappa shape index (κ1) is 27.7. The van der Waals surface area contributed by atoms with E-state index in [4.69, 9.17) is 23.6 Å². The van der Waals surface area contributed by atoms with Gasteiger partial charge in [-0.05, 0) is 43.5 Å². The first-order valence-electron chi connectivity index (χ1n) is 11.8. The van der Waals surface area contributed by atoms with Crippen molar-refractivity contribution in [2.24, 2.45) is 0 Å². The quantitative estimate of drug-likeness (QED) is 0.410. The number of halogens is 1. The van der Waals surface area contributed by atoms with Crippen molar-refractivity contribution in [3.05, 3.63) is 48.5 Å². The SMILES string of the molecule is CCCC[P+](CCCC)(CCCC)c1ccccc1-c1nc2ccccc2[nH]1.[O-][Cl+3]([O-])([O-])[O-]. The van der Waals surface area contributed by atoms with E-state index < -0.39 is 17.5 Å². The normalized spacial score (nSPS) is 12.0. The van der Waals surface area contributed by atoms with E-state index in [9.17, 15) is 0 Å². The van der Waals surface area contributed by atoms with Gasteiger partial charge in [0.15, 0.2) is 0 Å². The summed E-state index contributed by atoms with van der Waals surface area (Å²) in [6.45, 7) is 7.00. The summed E-state index contributed by atoms with van der Waals surface area (Å²) in [5, 5.41) is 1.62. The number of benzene rings is 2. The molecule has 1 aromatic heterocycles. The Morgan fingerprint density at radius 3 is 1.76 bits per heavy atom. The predicted octanol–water partition coefficient (Wildman–Crippen LogP) is 2.52. The maximum Gasteiger partial charge on any atom is 0.142 e. The molecule has 0 amide bonds. The molecule has 0 atom stereocenters. The third-order valence-corrected chi connectivity index (χ3v) is 10.8. The first-order chi connectivity index (χ1) is 15.7. The van der Waals surface area contributed by atoms with Gasteiger partial charge in [-0.1, -0.05) is 64.3 Å². The van der Waals surface area contributed by atoms with Gasteiger partial charge in [0.2, 0.25) is 0 Å². The van der Waals surface area contributed by atoms with Gasteiger partial charge in [0, 0.05) is 7.26 Å². The second-order valence-corrected chi connectivity index (χ2v) is 13.2. The number of aromatic amines is 1. The summed E-state index contributed by atoms with van der Waals surface area (Å²) in [6, 6.07) is 17.5. The Labute approximate surface area is 200 Å². The van der Waals surface area contributed by atoms with Crippen LogP contribution in [0.2, 0.25) is 0 Å². The highest BCUT2D eigenvalue weighted by Crippen LogP contribution is 2.61. The molecule has 0 spiro atoms. The molecule has 3 rings (SSSR count). The molecule has 0 fully saturated rings. The minimum Gasteiger partial charge on any atom is -0.338 e. The van der Waals surface area contributed by atoms with Crippen molar-refractivity contribution in [3.8, 4) is 11.4 Å². The minimum atomic E-state index is -4.94. The van der Waals surface area contributed by atoms with Crippen molar-refractivity contribution in [2.45, 2.75) is 59.3 Å². The van der Waals surface area contributed by atoms with E-state index in [1.807, 2.05) is 0 Å². The molecule has 1 heterocycles. The molecule has 1 N–H and O–H groups in total. The Bertz CT molecular complexity index is 913. The Morgan fingerprint density at radius 2 is 1.24 bits per heavy atom. The highest BCUT2D eigenvalue weighted by atomic mass is 35.7. The lowest BCUT2D eigenvalue weighted by molar-refractivity contribution is -2.00. The Kier molecular flexibility index (Phi) is 11.2. The lowest BCUT2D eigenvalue weighted by Gasteiger charge is -2.29. The number of unbranched alkanes of at least 4 members (excludes halogenated alkanes) is 3. The molecule has 0 bridgehead atoms. The second kappa shape index (κ2) is 13.4. The molecule has 0 aliphatic carbocycles. The van der Waals surface area contributed by atoms with Gasteiger partial charge in [-0.25, -0.2) is 23.6 Å². The summed E-state index contributed by atoms with van der Waals surface area (Å²) in [5.41, 5.74) is 3.54. The molecule has 0 unspecified atom stereocenters. The average molecular weight is 495 g/mol. The number of nitrogens with one attached hydrogen (secondary N) is 1. The van der Waals surface area contributed by atoms with Gasteiger partial charge in [0.25, 0.3) is 0 Å². The van der Waals surface area contributed by atoms with Crippen molar-refractivity contribution < 1.29 is 28.9 Å². The molecule has 0 aliphatic heterocycles. The van der Waals surface area contributed by atoms with Crippen molar-refractivity contribution in [3.63, 3.8) is 0 Å². The smallest absolute Gasteiger partial charge is 0.142 e. The van der Waals surface area contributed by atoms with Gasteiger partial charge in [-0.15, -0.1) is 10.2 Å². The standard InChI is InChI=1S/C25H36N2P.ClHO4/c1-4-7-18-28(19-8-5-2,20-9-6-3)24-17-13-10-14-21(24)25-26-22-15-11-12-16-23(22)27-25;2-1(3,4)5/h10-17H,4-9,18-20H2,1-3H3,(H,26,27);(H,2,3,4,5)/q+1;/p-1. The zero-order valence-electron chi connectivity index (χ0n) is 19.9. The van der Waals surface area contributed by atoms with Gasteiger partial charge >= 0.3 is 0 Å². The summed E-state index contributed by atoms with van der Waals surface area (Å²) < 4.78 is 34.0. The van der Waals surface area contributed by atoms with Crippen molar-refractivity contribution in [1.82, 2.24) is 9.97 Å². The molecular weight excluding hydrogens is 459 g/mol. The van der Waals surface area contributed by atoms with Crippen molar-refractivity contribution in [1.29, 1.82) is 0 Å². The van der Waals surface area contributed by atoms with Gasteiger partial charge in [-0.2, -0.15) is 0 Å². The number of H-pyrrole nitrogens is 1. The van der Waals surface area contributed by atoms with Crippen LogP contribution < -0.4 is 23.9 Å². The van der Waals surface area contributed by atoms with E-state index >= 15 is 0 Å². The predicted molar refractivity (Wildman–Crippen MR) is 127 cm³/mol. The number of hydrogen-bond acceptors (Lipinski definition) is 5. The number of rotatable bonds is 11. The molecule has 6 nitrogen and oxygen atoms in total. The van der Waals surface area contributed by atoms with Gasteiger partial charge in [-0.3, -0.25) is 0 Å². The lowest BCUT2D eigenvalue weighted by atomic mass is 10.2. The molecule has 182 valence electrons. The molecule has 0 aliphatic rings. The van der Waals surface area contributed by atoms with Crippen LogP contribution in [0.4, 0.5) is 0 Å². The van der Waals surface area contributed by atoms with Crippen LogP contribution in [0.3, 0.4) is 0 Å². The van der Waals surface area contributed by atoms with E-state index in [1.54, 1.807) is 5.30 Å². The highest BCUT2D eigenvalue weighted by molar-refractivity contribution is 7.83. The number of imidazole rings is 1. The fourth-order valence-corrected chi connectivity index (χ4v) is 9.50. The Balaban J connectivity index is 0.000000696. The summed E-state index contributed by atoms with van der Waals surface area (Å²) in [4.78, 5) is 8.56. The summed E-state index contributed by atoms with van der Waals surface area (Å²) >= 11 is 0. The Hall–Kier alpha value is -1.53. The van der Waals surface area contributed by atoms with Crippen LogP contribution >= 0.6 is 7.26 Å². The molecular formula is C25H36ClN2O4P. The monoisotopic (exact) mass is 494 g/mol. The van der Waals surface area contributed by atoms with E-state index in [1.165, 1.54) is 62.6 Å². The molecule has 0 saturated heterocycles. The maximum atomic E-state index is 8.49. The zero-order chi connectivity index (χ0) is 24.3. The number of nitrogens with zero attached hydrogens (tertiary/aromatic N) is 1. The summed E-state index contributed by atoms with van der Waals surface area (Å²) in [5.74, 6) is 1.05. The van der Waals surface area contributed by atoms with Crippen LogP contribution in [0.25, 0.3) is 22.4 Å². The van der Waals surface area contributed by atoms with Crippen LogP contribution in [0.5, 0.6) is 0 Å². The summed E-state index contributed by atoms with van der Waals surface area (Å²) in [6.07, 6.45) is 12.1. The zero-order valence-corrected chi connectivity index (χ0v) is 21.5.